The van der Waals surface area contributed by atoms with Crippen LogP contribution < -0.4 is 5.32 Å². The van der Waals surface area contributed by atoms with Gasteiger partial charge in [0.05, 0.1) is 0 Å². The Morgan fingerprint density at radius 3 is 2.93 bits per heavy atom. The molecule has 0 aromatic rings. The maximum Gasteiger partial charge on any atom is 0.222 e. The van der Waals surface area contributed by atoms with E-state index in [4.69, 9.17) is 0 Å². The molecule has 0 aliphatic carbocycles. The summed E-state index contributed by atoms with van der Waals surface area (Å²) in [5.74, 6) is 0.314. The van der Waals surface area contributed by atoms with Crippen LogP contribution in [0, 0.1) is 0 Å². The Kier molecular flexibility index (Phi) is 2.77. The van der Waals surface area contributed by atoms with Gasteiger partial charge in [0.25, 0.3) is 0 Å². The highest BCUT2D eigenvalue weighted by Crippen LogP contribution is 2.29. The topological polar surface area (TPSA) is 32.3 Å². The van der Waals surface area contributed by atoms with Gasteiger partial charge in [-0.2, -0.15) is 0 Å². The summed E-state index contributed by atoms with van der Waals surface area (Å²) >= 11 is 0. The number of nitrogens with zero attached hydrogens (tertiary/aromatic N) is 1. The van der Waals surface area contributed by atoms with Crippen molar-refractivity contribution < 1.29 is 4.79 Å². The lowest BCUT2D eigenvalue weighted by Crippen LogP contribution is -2.50. The Bertz CT molecular complexity index is 221. The summed E-state index contributed by atoms with van der Waals surface area (Å²) in [6.45, 7) is 4.98. The SMILES string of the molecule is CCC(=O)N1CCC2(CCCCN2)C1. The van der Waals surface area contributed by atoms with Crippen LogP contribution >= 0.6 is 0 Å². The number of nitrogens with one attached hydrogen (secondary N) is 1. The van der Waals surface area contributed by atoms with E-state index in [9.17, 15) is 4.79 Å². The van der Waals surface area contributed by atoms with E-state index in [0.29, 0.717) is 12.3 Å². The summed E-state index contributed by atoms with van der Waals surface area (Å²) in [6.07, 6.45) is 5.67. The standard InChI is InChI=1S/C11H20N2O/c1-2-10(14)13-8-6-11(9-13)5-3-4-7-12-11/h12H,2-9H2,1H3. The first-order valence-corrected chi connectivity index (χ1v) is 5.79. The van der Waals surface area contributed by atoms with Gasteiger partial charge in [-0.3, -0.25) is 4.79 Å². The molecule has 0 bridgehead atoms. The monoisotopic (exact) mass is 196 g/mol. The summed E-state index contributed by atoms with van der Waals surface area (Å²) in [6, 6.07) is 0. The zero-order valence-electron chi connectivity index (χ0n) is 9.01. The van der Waals surface area contributed by atoms with Gasteiger partial charge in [-0.05, 0) is 25.8 Å². The molecule has 0 radical (unpaired) electrons. The Morgan fingerprint density at radius 2 is 2.29 bits per heavy atom. The minimum absolute atomic E-state index is 0.281. The second kappa shape index (κ2) is 3.89. The van der Waals surface area contributed by atoms with Crippen LogP contribution in [0.3, 0.4) is 0 Å². The van der Waals surface area contributed by atoms with Gasteiger partial charge in [0.15, 0.2) is 0 Å². The smallest absolute Gasteiger partial charge is 0.222 e. The van der Waals surface area contributed by atoms with Gasteiger partial charge >= 0.3 is 0 Å². The summed E-state index contributed by atoms with van der Waals surface area (Å²) in [5.41, 5.74) is 0.281. The van der Waals surface area contributed by atoms with E-state index < -0.39 is 0 Å². The van der Waals surface area contributed by atoms with Crippen molar-refractivity contribution in [1.82, 2.24) is 10.2 Å². The number of likely N-dealkylation sites (tertiary alicyclic amines) is 1. The quantitative estimate of drug-likeness (QED) is 0.682. The number of rotatable bonds is 1. The molecule has 2 aliphatic rings. The second-order valence-corrected chi connectivity index (χ2v) is 4.58. The molecule has 80 valence electrons. The highest BCUT2D eigenvalue weighted by Gasteiger charge is 2.39. The van der Waals surface area contributed by atoms with E-state index in [-0.39, 0.29) is 5.54 Å². The summed E-state index contributed by atoms with van der Waals surface area (Å²) in [5, 5.41) is 3.61. The number of hydrogen-bond donors (Lipinski definition) is 1. The largest absolute Gasteiger partial charge is 0.341 e. The lowest BCUT2D eigenvalue weighted by Gasteiger charge is -2.34. The van der Waals surface area contributed by atoms with Crippen LogP contribution in [0.2, 0.25) is 0 Å². The first-order chi connectivity index (χ1) is 6.76. The molecule has 1 amide bonds. The summed E-state index contributed by atoms with van der Waals surface area (Å²) in [7, 11) is 0. The van der Waals surface area contributed by atoms with Gasteiger partial charge in [0.1, 0.15) is 0 Å². The van der Waals surface area contributed by atoms with Crippen molar-refractivity contribution in [3.8, 4) is 0 Å². The first kappa shape index (κ1) is 9.97. The molecule has 2 aliphatic heterocycles. The molecule has 0 saturated carbocycles. The van der Waals surface area contributed by atoms with Gasteiger partial charge in [-0.15, -0.1) is 0 Å². The lowest BCUT2D eigenvalue weighted by molar-refractivity contribution is -0.130. The molecule has 2 heterocycles. The van der Waals surface area contributed by atoms with Crippen molar-refractivity contribution in [2.75, 3.05) is 19.6 Å². The maximum absolute atomic E-state index is 11.5. The van der Waals surface area contributed by atoms with Crippen molar-refractivity contribution in [1.29, 1.82) is 0 Å². The van der Waals surface area contributed by atoms with Gasteiger partial charge < -0.3 is 10.2 Å². The van der Waals surface area contributed by atoms with Crippen molar-refractivity contribution in [3.05, 3.63) is 0 Å². The molecular formula is C11H20N2O. The molecule has 1 N–H and O–H groups in total. The molecule has 3 nitrogen and oxygen atoms in total. The van der Waals surface area contributed by atoms with Crippen LogP contribution in [0.15, 0.2) is 0 Å². The normalized spacial score (nSPS) is 32.5. The molecule has 2 saturated heterocycles. The number of carbonyl (C=O) groups is 1. The highest BCUT2D eigenvalue weighted by atomic mass is 16.2. The molecule has 0 aromatic heterocycles. The van der Waals surface area contributed by atoms with Crippen LogP contribution in [-0.4, -0.2) is 36.0 Å². The van der Waals surface area contributed by atoms with E-state index in [0.717, 1.165) is 26.1 Å². The molecule has 1 unspecified atom stereocenters. The maximum atomic E-state index is 11.5. The Morgan fingerprint density at radius 1 is 1.43 bits per heavy atom. The van der Waals surface area contributed by atoms with E-state index in [1.54, 1.807) is 0 Å². The van der Waals surface area contributed by atoms with Crippen LogP contribution in [0.4, 0.5) is 0 Å². The average molecular weight is 196 g/mol. The van der Waals surface area contributed by atoms with Crippen LogP contribution in [0.5, 0.6) is 0 Å². The van der Waals surface area contributed by atoms with E-state index in [1.807, 2.05) is 11.8 Å². The van der Waals surface area contributed by atoms with Crippen LogP contribution in [0.25, 0.3) is 0 Å². The molecule has 3 heteroatoms. The molecule has 2 rings (SSSR count). The minimum Gasteiger partial charge on any atom is -0.341 e. The summed E-state index contributed by atoms with van der Waals surface area (Å²) < 4.78 is 0. The third-order valence-electron chi connectivity index (χ3n) is 3.59. The molecule has 1 spiro atoms. The number of piperidine rings is 1. The van der Waals surface area contributed by atoms with Crippen molar-refractivity contribution in [3.63, 3.8) is 0 Å². The van der Waals surface area contributed by atoms with Crippen molar-refractivity contribution >= 4 is 5.91 Å². The fourth-order valence-corrected chi connectivity index (χ4v) is 2.69. The minimum atomic E-state index is 0.281. The molecule has 14 heavy (non-hydrogen) atoms. The average Bonchev–Trinajstić information content (AvgIpc) is 2.62. The lowest BCUT2D eigenvalue weighted by atomic mass is 9.88. The predicted molar refractivity (Wildman–Crippen MR) is 56.1 cm³/mol. The third-order valence-corrected chi connectivity index (χ3v) is 3.59. The predicted octanol–water partition coefficient (Wildman–Crippen LogP) is 1.14. The number of hydrogen-bond acceptors (Lipinski definition) is 2. The van der Waals surface area contributed by atoms with Crippen molar-refractivity contribution in [2.24, 2.45) is 0 Å². The number of amides is 1. The highest BCUT2D eigenvalue weighted by molar-refractivity contribution is 5.76. The zero-order chi connectivity index (χ0) is 10.0. The van der Waals surface area contributed by atoms with Crippen LogP contribution in [-0.2, 0) is 4.79 Å². The molecular weight excluding hydrogens is 176 g/mol. The summed E-state index contributed by atoms with van der Waals surface area (Å²) in [4.78, 5) is 13.6. The van der Waals surface area contributed by atoms with Gasteiger partial charge in [0.2, 0.25) is 5.91 Å². The first-order valence-electron chi connectivity index (χ1n) is 5.79. The zero-order valence-corrected chi connectivity index (χ0v) is 9.01. The number of carbonyl (C=O) groups excluding carboxylic acids is 1. The molecule has 1 atom stereocenters. The van der Waals surface area contributed by atoms with Crippen molar-refractivity contribution in [2.45, 2.75) is 44.6 Å². The van der Waals surface area contributed by atoms with Crippen LogP contribution in [0.1, 0.15) is 39.0 Å². The van der Waals surface area contributed by atoms with Gasteiger partial charge in [-0.1, -0.05) is 13.3 Å². The van der Waals surface area contributed by atoms with E-state index in [1.165, 1.54) is 19.3 Å². The fraction of sp³-hybridized carbons (Fsp3) is 0.909. The second-order valence-electron chi connectivity index (χ2n) is 4.58. The fourth-order valence-electron chi connectivity index (χ4n) is 2.69. The Balaban J connectivity index is 1.95. The van der Waals surface area contributed by atoms with Gasteiger partial charge in [0, 0.05) is 25.0 Å². The van der Waals surface area contributed by atoms with E-state index in [2.05, 4.69) is 5.32 Å². The Labute approximate surface area is 85.8 Å². The molecule has 0 aromatic carbocycles. The molecule has 2 fully saturated rings. The Hall–Kier alpha value is -0.570. The van der Waals surface area contributed by atoms with E-state index >= 15 is 0 Å². The third kappa shape index (κ3) is 1.78. The van der Waals surface area contributed by atoms with Gasteiger partial charge in [-0.25, -0.2) is 0 Å².